The molecule has 0 saturated heterocycles. The van der Waals surface area contributed by atoms with Crippen molar-refractivity contribution < 1.29 is 9.59 Å². The average Bonchev–Trinajstić information content (AvgIpc) is 2.99. The number of rotatable bonds is 3. The topological polar surface area (TPSA) is 72.2 Å². The molecule has 3 fully saturated rings. The summed E-state index contributed by atoms with van der Waals surface area (Å²) in [5.41, 5.74) is 7.80. The van der Waals surface area contributed by atoms with Crippen molar-refractivity contribution in [1.82, 2.24) is 5.32 Å². The smallest absolute Gasteiger partial charge is 0.236 e. The number of fused-ring (bicyclic) bond motifs is 5. The summed E-state index contributed by atoms with van der Waals surface area (Å²) in [5.74, 6) is 2.82. The molecule has 0 aromatic heterocycles. The lowest BCUT2D eigenvalue weighted by Crippen LogP contribution is -2.53. The first-order valence-electron chi connectivity index (χ1n) is 11.4. The summed E-state index contributed by atoms with van der Waals surface area (Å²) in [4.78, 5) is 24.3. The van der Waals surface area contributed by atoms with Gasteiger partial charge in [-0.15, -0.1) is 12.4 Å². The predicted molar refractivity (Wildman–Crippen MR) is 119 cm³/mol. The number of amides is 1. The van der Waals surface area contributed by atoms with E-state index in [2.05, 4.69) is 25.2 Å². The molecule has 29 heavy (non-hydrogen) atoms. The molecule has 4 aliphatic rings. The molecule has 0 radical (unpaired) electrons. The first-order valence-corrected chi connectivity index (χ1v) is 11.4. The zero-order valence-corrected chi connectivity index (χ0v) is 19.3. The van der Waals surface area contributed by atoms with Crippen molar-refractivity contribution >= 4 is 24.1 Å². The van der Waals surface area contributed by atoms with Crippen molar-refractivity contribution in [3.8, 4) is 0 Å². The second kappa shape index (κ2) is 8.00. The first-order chi connectivity index (χ1) is 13.2. The fourth-order valence-corrected chi connectivity index (χ4v) is 7.78. The van der Waals surface area contributed by atoms with Gasteiger partial charge in [-0.3, -0.25) is 9.59 Å². The van der Waals surface area contributed by atoms with E-state index in [0.29, 0.717) is 11.7 Å². The summed E-state index contributed by atoms with van der Waals surface area (Å²) >= 11 is 0. The van der Waals surface area contributed by atoms with Gasteiger partial charge in [-0.25, -0.2) is 0 Å². The minimum Gasteiger partial charge on any atom is -0.352 e. The molecule has 0 aliphatic heterocycles. The number of halogens is 1. The zero-order chi connectivity index (χ0) is 20.3. The molecule has 4 nitrogen and oxygen atoms in total. The van der Waals surface area contributed by atoms with Crippen LogP contribution in [-0.4, -0.2) is 23.8 Å². The highest BCUT2D eigenvalue weighted by Gasteiger charge is 2.59. The maximum absolute atomic E-state index is 12.3. The molecule has 1 unspecified atom stereocenters. The van der Waals surface area contributed by atoms with Crippen LogP contribution in [0.5, 0.6) is 0 Å². The Balaban J connectivity index is 0.00000240. The molecule has 0 spiro atoms. The van der Waals surface area contributed by atoms with Crippen LogP contribution in [0.4, 0.5) is 0 Å². The largest absolute Gasteiger partial charge is 0.352 e. The Bertz CT molecular complexity index is 705. The highest BCUT2D eigenvalue weighted by atomic mass is 35.5. The van der Waals surface area contributed by atoms with Crippen molar-refractivity contribution in [2.75, 3.05) is 0 Å². The van der Waals surface area contributed by atoms with Crippen molar-refractivity contribution in [2.45, 2.75) is 91.1 Å². The predicted octanol–water partition coefficient (Wildman–Crippen LogP) is 4.41. The third-order valence-corrected chi connectivity index (χ3v) is 9.35. The molecule has 0 heterocycles. The summed E-state index contributed by atoms with van der Waals surface area (Å²) in [7, 11) is 0. The van der Waals surface area contributed by atoms with Crippen LogP contribution in [0.3, 0.4) is 0 Å². The zero-order valence-electron chi connectivity index (χ0n) is 18.5. The van der Waals surface area contributed by atoms with E-state index in [1.807, 2.05) is 6.92 Å². The molecule has 3 N–H and O–H groups in total. The number of nitrogens with two attached hydrogens (primary N) is 1. The molecular formula is C24H39ClN2O2. The van der Waals surface area contributed by atoms with E-state index in [1.165, 1.54) is 19.3 Å². The van der Waals surface area contributed by atoms with Gasteiger partial charge in [0.15, 0.2) is 0 Å². The lowest BCUT2D eigenvalue weighted by atomic mass is 9.47. The van der Waals surface area contributed by atoms with E-state index < -0.39 is 6.04 Å². The second-order valence-electron chi connectivity index (χ2n) is 10.8. The van der Waals surface area contributed by atoms with Gasteiger partial charge in [0.1, 0.15) is 5.78 Å². The lowest BCUT2D eigenvalue weighted by molar-refractivity contribution is -0.127. The fraction of sp³-hybridized carbons (Fsp3) is 0.833. The highest BCUT2D eigenvalue weighted by molar-refractivity contribution is 5.85. The molecule has 0 bridgehead atoms. The Morgan fingerprint density at radius 1 is 1.14 bits per heavy atom. The summed E-state index contributed by atoms with van der Waals surface area (Å²) in [5, 5.41) is 3.16. The fourth-order valence-electron chi connectivity index (χ4n) is 7.78. The van der Waals surface area contributed by atoms with E-state index in [1.54, 1.807) is 12.5 Å². The molecule has 1 amide bonds. The number of nitrogens with one attached hydrogen (secondary N) is 1. The van der Waals surface area contributed by atoms with Gasteiger partial charge in [-0.2, -0.15) is 0 Å². The molecule has 4 rings (SSSR count). The van der Waals surface area contributed by atoms with E-state index in [9.17, 15) is 9.59 Å². The standard InChI is InChI=1S/C24H38N2O2.ClH/c1-14(25)22(28)26-17-9-11-23(3)16(13-17)5-6-18-20-8-7-19(15(2)27)24(20,4)12-10-21(18)23;/h5,14,17-21H,6-13,25H2,1-4H3,(H,26,28);1H/t14-,17?,18-,19+,20-,21-,23-,24+;/m0./s1. The van der Waals surface area contributed by atoms with E-state index in [-0.39, 0.29) is 41.1 Å². The molecule has 5 heteroatoms. The number of hydrogen-bond acceptors (Lipinski definition) is 3. The molecule has 164 valence electrons. The molecule has 0 aromatic rings. The number of carbonyl (C=O) groups excluding carboxylic acids is 2. The number of hydrogen-bond donors (Lipinski definition) is 2. The van der Waals surface area contributed by atoms with Gasteiger partial charge >= 0.3 is 0 Å². The Hall–Kier alpha value is -0.870. The van der Waals surface area contributed by atoms with Gasteiger partial charge in [0, 0.05) is 12.0 Å². The molecule has 3 saturated carbocycles. The minimum absolute atomic E-state index is 0. The second-order valence-corrected chi connectivity index (χ2v) is 10.8. The summed E-state index contributed by atoms with van der Waals surface area (Å²) < 4.78 is 0. The van der Waals surface area contributed by atoms with Crippen molar-refractivity contribution in [2.24, 2.45) is 40.2 Å². The maximum Gasteiger partial charge on any atom is 0.236 e. The Kier molecular flexibility index (Phi) is 6.29. The number of Topliss-reactive ketones (excluding diaryl/α,β-unsaturated/α-hetero) is 1. The number of allylic oxidation sites excluding steroid dienone is 1. The quantitative estimate of drug-likeness (QED) is 0.661. The van der Waals surface area contributed by atoms with Crippen LogP contribution < -0.4 is 11.1 Å². The molecule has 0 aromatic carbocycles. The normalized spacial score (nSPS) is 44.3. The maximum atomic E-state index is 12.3. The molecule has 8 atom stereocenters. The van der Waals surface area contributed by atoms with Crippen LogP contribution in [0.1, 0.15) is 79.1 Å². The van der Waals surface area contributed by atoms with Crippen LogP contribution in [0, 0.1) is 34.5 Å². The summed E-state index contributed by atoms with van der Waals surface area (Å²) in [6.07, 6.45) is 11.6. The van der Waals surface area contributed by atoms with Gasteiger partial charge in [-0.05, 0) is 93.8 Å². The van der Waals surface area contributed by atoms with Gasteiger partial charge < -0.3 is 11.1 Å². The summed E-state index contributed by atoms with van der Waals surface area (Å²) in [6.45, 7) is 8.46. The van der Waals surface area contributed by atoms with Crippen LogP contribution in [0.15, 0.2) is 11.6 Å². The van der Waals surface area contributed by atoms with Crippen LogP contribution in [0.25, 0.3) is 0 Å². The number of carbonyl (C=O) groups is 2. The Morgan fingerprint density at radius 2 is 1.86 bits per heavy atom. The number of ketones is 1. The highest BCUT2D eigenvalue weighted by Crippen LogP contribution is 2.66. The van der Waals surface area contributed by atoms with Gasteiger partial charge in [0.25, 0.3) is 0 Å². The minimum atomic E-state index is -0.439. The van der Waals surface area contributed by atoms with E-state index >= 15 is 0 Å². The van der Waals surface area contributed by atoms with Crippen LogP contribution in [-0.2, 0) is 9.59 Å². The van der Waals surface area contributed by atoms with Crippen LogP contribution in [0.2, 0.25) is 0 Å². The first kappa shape index (κ1) is 22.8. The summed E-state index contributed by atoms with van der Waals surface area (Å²) in [6, 6.07) is -0.206. The van der Waals surface area contributed by atoms with Crippen molar-refractivity contribution in [1.29, 1.82) is 0 Å². The van der Waals surface area contributed by atoms with E-state index in [0.717, 1.165) is 43.9 Å². The third kappa shape index (κ3) is 3.59. The van der Waals surface area contributed by atoms with Crippen LogP contribution >= 0.6 is 12.4 Å². The third-order valence-electron chi connectivity index (χ3n) is 9.35. The Labute approximate surface area is 182 Å². The van der Waals surface area contributed by atoms with Gasteiger partial charge in [0.05, 0.1) is 6.04 Å². The van der Waals surface area contributed by atoms with Gasteiger partial charge in [0.2, 0.25) is 5.91 Å². The monoisotopic (exact) mass is 422 g/mol. The van der Waals surface area contributed by atoms with Gasteiger partial charge in [-0.1, -0.05) is 25.5 Å². The van der Waals surface area contributed by atoms with E-state index in [4.69, 9.17) is 5.73 Å². The lowest BCUT2D eigenvalue weighted by Gasteiger charge is -2.58. The van der Waals surface area contributed by atoms with Crippen molar-refractivity contribution in [3.63, 3.8) is 0 Å². The SMILES string of the molecule is CC(=O)[C@H]1CC[C@H]2[C@@H]3CC=C4CC(NC(=O)[C@H](C)N)CC[C@]4(C)[C@H]3CC[C@]12C.Cl. The average molecular weight is 423 g/mol. The van der Waals surface area contributed by atoms with Crippen molar-refractivity contribution in [3.05, 3.63) is 11.6 Å². The molecule has 4 aliphatic carbocycles. The Morgan fingerprint density at radius 3 is 2.52 bits per heavy atom. The molecular weight excluding hydrogens is 384 g/mol.